The number of H-pyrrole nitrogens is 1. The van der Waals surface area contributed by atoms with Crippen LogP contribution < -0.4 is 10.1 Å². The minimum Gasteiger partial charge on any atom is -0.493 e. The molecule has 0 radical (unpaired) electrons. The fourth-order valence-corrected chi connectivity index (χ4v) is 3.00. The topological polar surface area (TPSA) is 73.7 Å². The maximum Gasteiger partial charge on any atom is 0.146 e. The Labute approximate surface area is 165 Å². The molecule has 0 bridgehead atoms. The Morgan fingerprint density at radius 2 is 1.97 bits per heavy atom. The van der Waals surface area contributed by atoms with Crippen molar-refractivity contribution in [2.24, 2.45) is 0 Å². The molecule has 2 aromatic carbocycles. The number of hydrogen-bond donors (Lipinski definition) is 2. The zero-order valence-corrected chi connectivity index (χ0v) is 15.2. The number of aromatic nitrogens is 2. The average molecular weight is 390 g/mol. The van der Waals surface area contributed by atoms with E-state index in [0.717, 1.165) is 34.8 Å². The summed E-state index contributed by atoms with van der Waals surface area (Å²) in [5.41, 5.74) is 2.19. The zero-order chi connectivity index (χ0) is 20.2. The summed E-state index contributed by atoms with van der Waals surface area (Å²) in [6, 6.07) is 16.2. The third kappa shape index (κ3) is 4.33. The van der Waals surface area contributed by atoms with Gasteiger partial charge in [0.1, 0.15) is 35.0 Å². The monoisotopic (exact) mass is 390 g/mol. The number of hydrogen-bond acceptors (Lipinski definition) is 4. The first-order valence-electron chi connectivity index (χ1n) is 8.94. The van der Waals surface area contributed by atoms with E-state index in [9.17, 15) is 14.0 Å². The molecule has 7 heteroatoms. The molecule has 29 heavy (non-hydrogen) atoms. The van der Waals surface area contributed by atoms with Gasteiger partial charge < -0.3 is 15.0 Å². The van der Waals surface area contributed by atoms with Crippen LogP contribution in [0.3, 0.4) is 0 Å². The lowest BCUT2D eigenvalue weighted by Crippen LogP contribution is -2.05. The number of nitrogens with one attached hydrogen (secondary N) is 2. The lowest BCUT2D eigenvalue weighted by molar-refractivity contribution is 0.319. The maximum atomic E-state index is 13.7. The lowest BCUT2D eigenvalue weighted by Gasteiger charge is -2.11. The Morgan fingerprint density at radius 3 is 2.83 bits per heavy atom. The lowest BCUT2D eigenvalue weighted by atomic mass is 10.1. The Morgan fingerprint density at radius 1 is 1.07 bits per heavy atom. The average Bonchev–Trinajstić information content (AvgIpc) is 3.18. The first-order valence-corrected chi connectivity index (χ1v) is 8.94. The molecule has 4 aromatic rings. The standard InChI is InChI=1S/C22H16F2N4O/c23-16-2-4-20(24)15(9-16)6-8-29-19-10-18(13-25)28-22(12-19)27-17-3-1-14-5-7-26-21(14)11-17/h1-5,7,9-12,26H,6,8H2,(H,27,28). The number of halogens is 2. The number of fused-ring (bicyclic) bond motifs is 1. The van der Waals surface area contributed by atoms with Crippen molar-refractivity contribution in [3.63, 3.8) is 0 Å². The quantitative estimate of drug-likeness (QED) is 0.482. The molecule has 0 atom stereocenters. The number of rotatable bonds is 6. The number of aromatic amines is 1. The van der Waals surface area contributed by atoms with Gasteiger partial charge in [-0.2, -0.15) is 5.26 Å². The van der Waals surface area contributed by atoms with Crippen molar-refractivity contribution in [3.8, 4) is 11.8 Å². The van der Waals surface area contributed by atoms with Crippen LogP contribution in [0.25, 0.3) is 10.9 Å². The van der Waals surface area contributed by atoms with Crippen LogP contribution in [-0.2, 0) is 6.42 Å². The van der Waals surface area contributed by atoms with E-state index in [0.29, 0.717) is 11.6 Å². The van der Waals surface area contributed by atoms with Crippen molar-refractivity contribution in [2.75, 3.05) is 11.9 Å². The van der Waals surface area contributed by atoms with Crippen molar-refractivity contribution in [1.82, 2.24) is 9.97 Å². The number of anilines is 2. The second-order valence-corrected chi connectivity index (χ2v) is 6.42. The van der Waals surface area contributed by atoms with Gasteiger partial charge in [-0.25, -0.2) is 13.8 Å². The first-order chi connectivity index (χ1) is 14.1. The van der Waals surface area contributed by atoms with E-state index in [2.05, 4.69) is 15.3 Å². The van der Waals surface area contributed by atoms with Gasteiger partial charge in [0.25, 0.3) is 0 Å². The second-order valence-electron chi connectivity index (χ2n) is 6.42. The number of pyridine rings is 1. The molecule has 2 heterocycles. The highest BCUT2D eigenvalue weighted by atomic mass is 19.1. The van der Waals surface area contributed by atoms with Crippen LogP contribution in [0.2, 0.25) is 0 Å². The molecule has 144 valence electrons. The summed E-state index contributed by atoms with van der Waals surface area (Å²) < 4.78 is 32.6. The molecule has 0 amide bonds. The number of nitriles is 1. The third-order valence-electron chi connectivity index (χ3n) is 4.39. The van der Waals surface area contributed by atoms with Gasteiger partial charge >= 0.3 is 0 Å². The maximum absolute atomic E-state index is 13.7. The molecule has 0 aliphatic carbocycles. The smallest absolute Gasteiger partial charge is 0.146 e. The van der Waals surface area contributed by atoms with E-state index in [1.54, 1.807) is 6.07 Å². The second kappa shape index (κ2) is 7.98. The summed E-state index contributed by atoms with van der Waals surface area (Å²) in [7, 11) is 0. The fraction of sp³-hybridized carbons (Fsp3) is 0.0909. The van der Waals surface area contributed by atoms with Gasteiger partial charge in [0, 0.05) is 36.0 Å². The molecule has 0 spiro atoms. The molecule has 0 saturated carbocycles. The van der Waals surface area contributed by atoms with Gasteiger partial charge in [-0.1, -0.05) is 6.07 Å². The Bertz CT molecular complexity index is 1210. The summed E-state index contributed by atoms with van der Waals surface area (Å²) in [6.07, 6.45) is 2.05. The van der Waals surface area contributed by atoms with Crippen LogP contribution in [-0.4, -0.2) is 16.6 Å². The van der Waals surface area contributed by atoms with Crippen LogP contribution in [0.15, 0.2) is 60.8 Å². The minimum absolute atomic E-state index is 0.128. The Balaban J connectivity index is 1.49. The molecule has 0 fully saturated rings. The van der Waals surface area contributed by atoms with Crippen molar-refractivity contribution in [3.05, 3.63) is 83.7 Å². The minimum atomic E-state index is -0.498. The van der Waals surface area contributed by atoms with E-state index in [-0.39, 0.29) is 24.3 Å². The predicted octanol–water partition coefficient (Wildman–Crippen LogP) is 5.08. The summed E-state index contributed by atoms with van der Waals surface area (Å²) >= 11 is 0. The van der Waals surface area contributed by atoms with Crippen LogP contribution in [0.5, 0.6) is 5.75 Å². The van der Waals surface area contributed by atoms with E-state index < -0.39 is 11.6 Å². The SMILES string of the molecule is N#Cc1cc(OCCc2cc(F)ccc2F)cc(Nc2ccc3cc[nH]c3c2)n1. The molecule has 2 aromatic heterocycles. The zero-order valence-electron chi connectivity index (χ0n) is 15.2. The third-order valence-corrected chi connectivity index (χ3v) is 4.39. The summed E-state index contributed by atoms with van der Waals surface area (Å²) in [5.74, 6) is -0.120. The summed E-state index contributed by atoms with van der Waals surface area (Å²) in [5, 5.41) is 13.5. The molecule has 0 aliphatic heterocycles. The van der Waals surface area contributed by atoms with Crippen molar-refractivity contribution < 1.29 is 13.5 Å². The van der Waals surface area contributed by atoms with Gasteiger partial charge in [0.05, 0.1) is 6.61 Å². The summed E-state index contributed by atoms with van der Waals surface area (Å²) in [4.78, 5) is 7.37. The van der Waals surface area contributed by atoms with Crippen LogP contribution >= 0.6 is 0 Å². The molecule has 0 unspecified atom stereocenters. The molecule has 4 rings (SSSR count). The van der Waals surface area contributed by atoms with Gasteiger partial charge in [-0.05, 0) is 47.3 Å². The van der Waals surface area contributed by atoms with Crippen molar-refractivity contribution in [2.45, 2.75) is 6.42 Å². The van der Waals surface area contributed by atoms with Gasteiger partial charge in [0.15, 0.2) is 0 Å². The first kappa shape index (κ1) is 18.4. The predicted molar refractivity (Wildman–Crippen MR) is 106 cm³/mol. The van der Waals surface area contributed by atoms with Crippen LogP contribution in [0.4, 0.5) is 20.3 Å². The highest BCUT2D eigenvalue weighted by Gasteiger charge is 2.08. The Hall–Kier alpha value is -3.92. The molecule has 5 nitrogen and oxygen atoms in total. The van der Waals surface area contributed by atoms with Crippen LogP contribution in [0, 0.1) is 23.0 Å². The van der Waals surface area contributed by atoms with Gasteiger partial charge in [0.2, 0.25) is 0 Å². The van der Waals surface area contributed by atoms with E-state index in [1.807, 2.05) is 36.5 Å². The molecular formula is C22H16F2N4O. The number of ether oxygens (including phenoxy) is 1. The number of benzene rings is 2. The highest BCUT2D eigenvalue weighted by Crippen LogP contribution is 2.24. The fourth-order valence-electron chi connectivity index (χ4n) is 3.00. The molecular weight excluding hydrogens is 374 g/mol. The van der Waals surface area contributed by atoms with Gasteiger partial charge in [-0.3, -0.25) is 0 Å². The van der Waals surface area contributed by atoms with Gasteiger partial charge in [-0.15, -0.1) is 0 Å². The normalized spacial score (nSPS) is 10.7. The van der Waals surface area contributed by atoms with E-state index in [1.165, 1.54) is 6.07 Å². The highest BCUT2D eigenvalue weighted by molar-refractivity contribution is 5.83. The summed E-state index contributed by atoms with van der Waals surface area (Å²) in [6.45, 7) is 0.128. The molecule has 2 N–H and O–H groups in total. The van der Waals surface area contributed by atoms with Crippen molar-refractivity contribution >= 4 is 22.4 Å². The van der Waals surface area contributed by atoms with Crippen LogP contribution in [0.1, 0.15) is 11.3 Å². The van der Waals surface area contributed by atoms with E-state index in [4.69, 9.17) is 4.74 Å². The molecule has 0 saturated heterocycles. The van der Waals surface area contributed by atoms with E-state index >= 15 is 0 Å². The number of nitrogens with zero attached hydrogens (tertiary/aromatic N) is 2. The van der Waals surface area contributed by atoms with Crippen molar-refractivity contribution in [1.29, 1.82) is 5.26 Å². The largest absolute Gasteiger partial charge is 0.493 e. The molecule has 0 aliphatic rings. The Kier molecular flexibility index (Phi) is 5.08.